The van der Waals surface area contributed by atoms with E-state index in [1.54, 1.807) is 17.6 Å². The predicted octanol–water partition coefficient (Wildman–Crippen LogP) is 3.88. The van der Waals surface area contributed by atoms with Crippen molar-refractivity contribution in [3.63, 3.8) is 0 Å². The summed E-state index contributed by atoms with van der Waals surface area (Å²) >= 11 is 1.06. The molecule has 0 aliphatic carbocycles. The number of amides is 1. The van der Waals surface area contributed by atoms with Crippen LogP contribution < -0.4 is 11.0 Å². The SMILES string of the molecule is CCCn1c(=O)n(CC(=O)Nc2nc(C)c(-c3nccn3C(F)F)s2)c2ccccc21. The number of fused-ring (bicyclic) bond motifs is 1. The van der Waals surface area contributed by atoms with Crippen LogP contribution in [0.1, 0.15) is 25.6 Å². The van der Waals surface area contributed by atoms with Gasteiger partial charge in [0, 0.05) is 18.9 Å². The molecule has 8 nitrogen and oxygen atoms in total. The molecule has 1 aromatic carbocycles. The number of halogens is 2. The zero-order valence-electron chi connectivity index (χ0n) is 16.9. The van der Waals surface area contributed by atoms with E-state index in [1.165, 1.54) is 17.0 Å². The Labute approximate surface area is 179 Å². The van der Waals surface area contributed by atoms with E-state index in [-0.39, 0.29) is 23.2 Å². The molecule has 0 aliphatic heterocycles. The maximum absolute atomic E-state index is 13.2. The largest absolute Gasteiger partial charge is 0.329 e. The summed E-state index contributed by atoms with van der Waals surface area (Å²) < 4.78 is 30.1. The number of hydrogen-bond donors (Lipinski definition) is 1. The number of rotatable bonds is 7. The van der Waals surface area contributed by atoms with Crippen LogP contribution in [0.4, 0.5) is 13.9 Å². The Hall–Kier alpha value is -3.34. The van der Waals surface area contributed by atoms with E-state index in [2.05, 4.69) is 15.3 Å². The number of alkyl halides is 2. The smallest absolute Gasteiger partial charge is 0.300 e. The number of nitrogens with zero attached hydrogens (tertiary/aromatic N) is 5. The molecule has 0 bridgehead atoms. The molecular weight excluding hydrogens is 426 g/mol. The molecule has 1 amide bonds. The number of carbonyl (C=O) groups excluding carboxylic acids is 1. The van der Waals surface area contributed by atoms with Gasteiger partial charge in [-0.25, -0.2) is 14.8 Å². The number of nitrogens with one attached hydrogen (secondary N) is 1. The monoisotopic (exact) mass is 446 g/mol. The maximum Gasteiger partial charge on any atom is 0.329 e. The lowest BCUT2D eigenvalue weighted by Crippen LogP contribution is -2.29. The van der Waals surface area contributed by atoms with Gasteiger partial charge in [-0.2, -0.15) is 8.78 Å². The summed E-state index contributed by atoms with van der Waals surface area (Å²) in [5.74, 6) is -0.344. The molecule has 0 radical (unpaired) electrons. The Morgan fingerprint density at radius 2 is 1.94 bits per heavy atom. The van der Waals surface area contributed by atoms with Crippen molar-refractivity contribution in [3.05, 3.63) is 52.8 Å². The summed E-state index contributed by atoms with van der Waals surface area (Å²) in [5.41, 5.74) is 1.66. The van der Waals surface area contributed by atoms with Crippen LogP contribution in [0, 0.1) is 6.92 Å². The van der Waals surface area contributed by atoms with Crippen molar-refractivity contribution in [2.24, 2.45) is 0 Å². The number of aryl methyl sites for hydroxylation is 2. The van der Waals surface area contributed by atoms with Gasteiger partial charge in [-0.05, 0) is 25.5 Å². The summed E-state index contributed by atoms with van der Waals surface area (Å²) in [6, 6.07) is 7.31. The van der Waals surface area contributed by atoms with Crippen LogP contribution in [0.5, 0.6) is 0 Å². The average Bonchev–Trinajstić information content (AvgIpc) is 3.41. The molecule has 0 saturated heterocycles. The van der Waals surface area contributed by atoms with Gasteiger partial charge in [-0.15, -0.1) is 0 Å². The van der Waals surface area contributed by atoms with Gasteiger partial charge in [-0.1, -0.05) is 30.4 Å². The van der Waals surface area contributed by atoms with Crippen LogP contribution in [-0.2, 0) is 17.9 Å². The summed E-state index contributed by atoms with van der Waals surface area (Å²) in [5, 5.41) is 2.93. The lowest BCUT2D eigenvalue weighted by atomic mass is 10.3. The Balaban J connectivity index is 1.59. The fraction of sp³-hybridized carbons (Fsp3) is 0.300. The first-order valence-electron chi connectivity index (χ1n) is 9.67. The molecule has 4 aromatic rings. The van der Waals surface area contributed by atoms with Gasteiger partial charge in [0.1, 0.15) is 6.54 Å². The van der Waals surface area contributed by atoms with E-state index in [0.29, 0.717) is 22.6 Å². The zero-order chi connectivity index (χ0) is 22.1. The van der Waals surface area contributed by atoms with Crippen molar-refractivity contribution in [1.82, 2.24) is 23.7 Å². The van der Waals surface area contributed by atoms with E-state index in [4.69, 9.17) is 0 Å². The van der Waals surface area contributed by atoms with Gasteiger partial charge in [-0.3, -0.25) is 18.5 Å². The van der Waals surface area contributed by atoms with Gasteiger partial charge in [0.2, 0.25) is 5.91 Å². The Morgan fingerprint density at radius 1 is 1.23 bits per heavy atom. The van der Waals surface area contributed by atoms with E-state index >= 15 is 0 Å². The van der Waals surface area contributed by atoms with Crippen LogP contribution in [0.25, 0.3) is 21.7 Å². The summed E-state index contributed by atoms with van der Waals surface area (Å²) in [7, 11) is 0. The van der Waals surface area contributed by atoms with Crippen molar-refractivity contribution in [3.8, 4) is 10.7 Å². The average molecular weight is 446 g/mol. The lowest BCUT2D eigenvalue weighted by molar-refractivity contribution is -0.116. The lowest BCUT2D eigenvalue weighted by Gasteiger charge is -2.04. The molecule has 3 heterocycles. The highest BCUT2D eigenvalue weighted by molar-refractivity contribution is 7.19. The van der Waals surface area contributed by atoms with Gasteiger partial charge in [0.25, 0.3) is 0 Å². The highest BCUT2D eigenvalue weighted by Gasteiger charge is 2.20. The van der Waals surface area contributed by atoms with Gasteiger partial charge in [0.05, 0.1) is 21.6 Å². The standard InChI is InChI=1S/C20H20F2N6O2S/c1-3-9-26-13-6-4-5-7-14(13)28(20(26)30)11-15(29)25-19-24-12(2)16(31-19)17-23-8-10-27(17)18(21)22/h4-8,10,18H,3,9,11H2,1-2H3,(H,24,25,29). The third-order valence-corrected chi connectivity index (χ3v) is 5.87. The number of para-hydroxylation sites is 2. The number of thiazole rings is 1. The van der Waals surface area contributed by atoms with Crippen LogP contribution in [0.2, 0.25) is 0 Å². The molecule has 162 valence electrons. The van der Waals surface area contributed by atoms with Crippen molar-refractivity contribution in [2.45, 2.75) is 39.9 Å². The molecule has 4 rings (SSSR count). The second-order valence-corrected chi connectivity index (χ2v) is 7.93. The van der Waals surface area contributed by atoms with Crippen LogP contribution in [-0.4, -0.2) is 29.6 Å². The number of anilines is 1. The van der Waals surface area contributed by atoms with Crippen molar-refractivity contribution in [1.29, 1.82) is 0 Å². The molecule has 0 fully saturated rings. The summed E-state index contributed by atoms with van der Waals surface area (Å²) in [6.45, 7) is 1.28. The summed E-state index contributed by atoms with van der Waals surface area (Å²) in [4.78, 5) is 34.2. The molecule has 0 unspecified atom stereocenters. The number of carbonyl (C=O) groups is 1. The second kappa shape index (κ2) is 8.42. The molecular formula is C20H20F2N6O2S. The first-order valence-corrected chi connectivity index (χ1v) is 10.5. The zero-order valence-corrected chi connectivity index (χ0v) is 17.7. The number of aromatic nitrogens is 5. The fourth-order valence-electron chi connectivity index (χ4n) is 3.47. The summed E-state index contributed by atoms with van der Waals surface area (Å²) in [6.07, 6.45) is 3.27. The van der Waals surface area contributed by atoms with Crippen molar-refractivity contribution < 1.29 is 13.6 Å². The minimum absolute atomic E-state index is 0.0874. The van der Waals surface area contributed by atoms with Gasteiger partial charge >= 0.3 is 12.2 Å². The normalized spacial score (nSPS) is 11.5. The Morgan fingerprint density at radius 3 is 2.61 bits per heavy atom. The minimum Gasteiger partial charge on any atom is -0.300 e. The minimum atomic E-state index is -2.73. The fourth-order valence-corrected chi connectivity index (χ4v) is 4.45. The van der Waals surface area contributed by atoms with E-state index in [9.17, 15) is 18.4 Å². The second-order valence-electron chi connectivity index (χ2n) is 6.93. The Kier molecular flexibility index (Phi) is 5.68. The number of hydrogen-bond acceptors (Lipinski definition) is 5. The number of imidazole rings is 2. The molecule has 1 N–H and O–H groups in total. The third kappa shape index (κ3) is 3.88. The van der Waals surface area contributed by atoms with Gasteiger partial charge in [0.15, 0.2) is 11.0 Å². The van der Waals surface area contributed by atoms with E-state index in [0.717, 1.165) is 27.8 Å². The molecule has 0 spiro atoms. The molecule has 3 aromatic heterocycles. The first-order chi connectivity index (χ1) is 14.9. The van der Waals surface area contributed by atoms with E-state index < -0.39 is 12.5 Å². The van der Waals surface area contributed by atoms with Crippen LogP contribution >= 0.6 is 11.3 Å². The Bertz CT molecular complexity index is 1300. The van der Waals surface area contributed by atoms with Crippen molar-refractivity contribution >= 4 is 33.4 Å². The maximum atomic E-state index is 13.2. The van der Waals surface area contributed by atoms with E-state index in [1.807, 2.05) is 25.1 Å². The quantitative estimate of drug-likeness (QED) is 0.467. The molecule has 0 aliphatic rings. The third-order valence-electron chi connectivity index (χ3n) is 4.80. The predicted molar refractivity (Wildman–Crippen MR) is 114 cm³/mol. The van der Waals surface area contributed by atoms with Crippen LogP contribution in [0.3, 0.4) is 0 Å². The topological polar surface area (TPSA) is 86.7 Å². The molecule has 0 atom stereocenters. The number of benzene rings is 1. The molecule has 31 heavy (non-hydrogen) atoms. The highest BCUT2D eigenvalue weighted by Crippen LogP contribution is 2.33. The van der Waals surface area contributed by atoms with Gasteiger partial charge < -0.3 is 5.32 Å². The van der Waals surface area contributed by atoms with Crippen molar-refractivity contribution in [2.75, 3.05) is 5.32 Å². The van der Waals surface area contributed by atoms with Crippen LogP contribution in [0.15, 0.2) is 41.5 Å². The highest BCUT2D eigenvalue weighted by atomic mass is 32.1. The molecule has 0 saturated carbocycles. The first kappa shape index (κ1) is 20.9. The molecule has 11 heteroatoms.